The lowest BCUT2D eigenvalue weighted by molar-refractivity contribution is -0.137. The molecular weight excluding hydrogens is 538 g/mol. The summed E-state index contributed by atoms with van der Waals surface area (Å²) in [6.45, 7) is 0.0706. The van der Waals surface area contributed by atoms with Crippen LogP contribution < -0.4 is 10.6 Å². The zero-order valence-corrected chi connectivity index (χ0v) is 20.7. The number of carboxylic acid groups (broad SMARTS) is 1. The van der Waals surface area contributed by atoms with Crippen molar-refractivity contribution >= 4 is 51.2 Å². The first-order valence-electron chi connectivity index (χ1n) is 10.8. The number of anilines is 1. The molecule has 3 aromatic rings. The van der Waals surface area contributed by atoms with Crippen LogP contribution in [0.25, 0.3) is 11.1 Å². The summed E-state index contributed by atoms with van der Waals surface area (Å²) in [6, 6.07) is 16.3. The van der Waals surface area contributed by atoms with Crippen LogP contribution in [-0.4, -0.2) is 40.7 Å². The van der Waals surface area contributed by atoms with E-state index in [-0.39, 0.29) is 30.5 Å². The molecule has 0 bridgehead atoms. The summed E-state index contributed by atoms with van der Waals surface area (Å²) in [5.74, 6) is -1.83. The van der Waals surface area contributed by atoms with E-state index >= 15 is 0 Å². The minimum Gasteiger partial charge on any atom is -0.481 e. The van der Waals surface area contributed by atoms with Crippen LogP contribution in [0.2, 0.25) is 5.15 Å². The predicted octanol–water partition coefficient (Wildman–Crippen LogP) is 5.21. The number of hydrogen-bond acceptors (Lipinski definition) is 5. The molecule has 0 fully saturated rings. The molecule has 2 amide bonds. The van der Waals surface area contributed by atoms with Crippen molar-refractivity contribution in [2.75, 3.05) is 11.9 Å². The number of carbonyl (C=O) groups is 3. The molecule has 4 rings (SSSR count). The van der Waals surface area contributed by atoms with Gasteiger partial charge in [0.15, 0.2) is 0 Å². The Bertz CT molecular complexity index is 1240. The molecule has 0 radical (unpaired) electrons. The smallest absolute Gasteiger partial charge is 0.407 e. The Morgan fingerprint density at radius 1 is 1.09 bits per heavy atom. The van der Waals surface area contributed by atoms with Crippen molar-refractivity contribution in [3.8, 4) is 11.1 Å². The summed E-state index contributed by atoms with van der Waals surface area (Å²) >= 11 is 9.10. The monoisotopic (exact) mass is 557 g/mol. The number of carbonyl (C=O) groups excluding carboxylic acids is 2. The van der Waals surface area contributed by atoms with Gasteiger partial charge in [0.25, 0.3) is 0 Å². The van der Waals surface area contributed by atoms with E-state index in [4.69, 9.17) is 21.4 Å². The molecule has 35 heavy (non-hydrogen) atoms. The first-order chi connectivity index (χ1) is 16.8. The zero-order valence-electron chi connectivity index (χ0n) is 18.3. The van der Waals surface area contributed by atoms with Gasteiger partial charge in [-0.1, -0.05) is 60.1 Å². The lowest BCUT2D eigenvalue weighted by atomic mass is 9.98. The number of nitrogens with zero attached hydrogens (tertiary/aromatic N) is 1. The van der Waals surface area contributed by atoms with Gasteiger partial charge in [-0.25, -0.2) is 9.78 Å². The number of pyridine rings is 1. The van der Waals surface area contributed by atoms with E-state index in [9.17, 15) is 14.4 Å². The minimum absolute atomic E-state index is 0.0706. The van der Waals surface area contributed by atoms with Crippen molar-refractivity contribution in [2.24, 2.45) is 0 Å². The fraction of sp³-hybridized carbons (Fsp3) is 0.200. The third-order valence-corrected chi connectivity index (χ3v) is 6.80. The van der Waals surface area contributed by atoms with E-state index in [2.05, 4.69) is 31.5 Å². The molecule has 8 nitrogen and oxygen atoms in total. The number of rotatable bonds is 8. The van der Waals surface area contributed by atoms with Crippen molar-refractivity contribution < 1.29 is 24.2 Å². The maximum Gasteiger partial charge on any atom is 0.407 e. The number of benzene rings is 2. The first-order valence-corrected chi connectivity index (χ1v) is 12.0. The maximum atomic E-state index is 12.8. The molecule has 1 heterocycles. The van der Waals surface area contributed by atoms with Gasteiger partial charge in [0, 0.05) is 12.3 Å². The molecule has 180 valence electrons. The normalized spacial score (nSPS) is 12.9. The van der Waals surface area contributed by atoms with Gasteiger partial charge in [-0.2, -0.15) is 0 Å². The van der Waals surface area contributed by atoms with Gasteiger partial charge in [-0.3, -0.25) is 9.59 Å². The zero-order chi connectivity index (χ0) is 24.9. The Kier molecular flexibility index (Phi) is 7.67. The van der Waals surface area contributed by atoms with Crippen LogP contribution in [-0.2, 0) is 14.3 Å². The van der Waals surface area contributed by atoms with Crippen LogP contribution in [0.4, 0.5) is 10.5 Å². The number of carboxylic acids is 1. The molecule has 0 saturated heterocycles. The number of alkyl carbamates (subject to hydrolysis) is 1. The second-order valence-electron chi connectivity index (χ2n) is 7.94. The van der Waals surface area contributed by atoms with Crippen LogP contribution in [0.1, 0.15) is 29.9 Å². The quantitative estimate of drug-likeness (QED) is 0.327. The van der Waals surface area contributed by atoms with Crippen LogP contribution in [0.15, 0.2) is 65.3 Å². The summed E-state index contributed by atoms with van der Waals surface area (Å²) in [5.41, 5.74) is 4.64. The van der Waals surface area contributed by atoms with Gasteiger partial charge in [0.1, 0.15) is 17.8 Å². The van der Waals surface area contributed by atoms with Crippen LogP contribution in [0.3, 0.4) is 0 Å². The highest BCUT2D eigenvalue weighted by molar-refractivity contribution is 9.10. The van der Waals surface area contributed by atoms with Crippen LogP contribution >= 0.6 is 27.5 Å². The largest absolute Gasteiger partial charge is 0.481 e. The van der Waals surface area contributed by atoms with Crippen molar-refractivity contribution in [3.63, 3.8) is 0 Å². The molecule has 1 unspecified atom stereocenters. The molecule has 1 aromatic heterocycles. The van der Waals surface area contributed by atoms with Crippen LogP contribution in [0.5, 0.6) is 0 Å². The van der Waals surface area contributed by atoms with E-state index < -0.39 is 24.0 Å². The Morgan fingerprint density at radius 3 is 2.31 bits per heavy atom. The molecule has 1 aliphatic carbocycles. The molecule has 10 heteroatoms. The molecule has 1 atom stereocenters. The number of aromatic nitrogens is 1. The minimum atomic E-state index is -1.13. The molecule has 2 aromatic carbocycles. The maximum absolute atomic E-state index is 12.8. The van der Waals surface area contributed by atoms with E-state index in [1.165, 1.54) is 6.20 Å². The summed E-state index contributed by atoms with van der Waals surface area (Å²) in [4.78, 5) is 40.4. The fourth-order valence-electron chi connectivity index (χ4n) is 4.04. The molecule has 0 saturated carbocycles. The van der Waals surface area contributed by atoms with Gasteiger partial charge < -0.3 is 20.5 Å². The second-order valence-corrected chi connectivity index (χ2v) is 9.15. The Balaban J connectivity index is 1.43. The number of amides is 2. The third-order valence-electron chi connectivity index (χ3n) is 5.66. The Morgan fingerprint density at radius 2 is 1.71 bits per heavy atom. The Hall–Kier alpha value is -3.43. The van der Waals surface area contributed by atoms with Crippen molar-refractivity contribution in [1.29, 1.82) is 0 Å². The number of ether oxygens (including phenoxy) is 1. The third kappa shape index (κ3) is 5.80. The van der Waals surface area contributed by atoms with Gasteiger partial charge in [-0.15, -0.1) is 0 Å². The highest BCUT2D eigenvalue weighted by Gasteiger charge is 2.30. The molecule has 0 spiro atoms. The first kappa shape index (κ1) is 24.7. The van der Waals surface area contributed by atoms with Crippen molar-refractivity contribution in [3.05, 3.63) is 81.5 Å². The Labute approximate surface area is 214 Å². The summed E-state index contributed by atoms with van der Waals surface area (Å²) in [6.07, 6.45) is 0.109. The highest BCUT2D eigenvalue weighted by Crippen LogP contribution is 2.44. The number of aliphatic carboxylic acids is 1. The lowest BCUT2D eigenvalue weighted by Gasteiger charge is -2.19. The van der Waals surface area contributed by atoms with Gasteiger partial charge in [0.05, 0.1) is 16.4 Å². The fourth-order valence-corrected chi connectivity index (χ4v) is 4.49. The van der Waals surface area contributed by atoms with Crippen molar-refractivity contribution in [1.82, 2.24) is 10.3 Å². The average Bonchev–Trinajstić information content (AvgIpc) is 3.16. The number of fused-ring (bicyclic) bond motifs is 3. The summed E-state index contributed by atoms with van der Waals surface area (Å²) < 4.78 is 5.97. The predicted molar refractivity (Wildman–Crippen MR) is 134 cm³/mol. The van der Waals surface area contributed by atoms with E-state index in [0.717, 1.165) is 22.3 Å². The molecular formula is C25H21BrClN3O5. The van der Waals surface area contributed by atoms with Crippen molar-refractivity contribution in [2.45, 2.75) is 24.8 Å². The summed E-state index contributed by atoms with van der Waals surface area (Å²) in [7, 11) is 0. The standard InChI is InChI=1S/C25H21BrClN3O5/c26-20-11-14(12-28-23(20)27)29-24(33)21(9-10-22(31)32)30-25(34)35-13-19-17-7-3-1-5-15(17)16-6-2-4-8-18(16)19/h1-8,11-12,19,21H,9-10,13H2,(H,29,33)(H,30,34)(H,31,32). The SMILES string of the molecule is O=C(O)CCC(NC(=O)OCC1c2ccccc2-c2ccccc21)C(=O)Nc1cnc(Cl)c(Br)c1. The van der Waals surface area contributed by atoms with E-state index in [1.54, 1.807) is 6.07 Å². The van der Waals surface area contributed by atoms with Gasteiger partial charge >= 0.3 is 12.1 Å². The number of nitrogens with one attached hydrogen (secondary N) is 2. The topological polar surface area (TPSA) is 118 Å². The van der Waals surface area contributed by atoms with Gasteiger partial charge in [-0.05, 0) is 50.7 Å². The van der Waals surface area contributed by atoms with Gasteiger partial charge in [0.2, 0.25) is 5.91 Å². The summed E-state index contributed by atoms with van der Waals surface area (Å²) in [5, 5.41) is 14.4. The highest BCUT2D eigenvalue weighted by atomic mass is 79.9. The lowest BCUT2D eigenvalue weighted by Crippen LogP contribution is -2.44. The molecule has 3 N–H and O–H groups in total. The number of hydrogen-bond donors (Lipinski definition) is 3. The number of halogens is 2. The van der Waals surface area contributed by atoms with E-state index in [0.29, 0.717) is 10.2 Å². The second kappa shape index (κ2) is 10.9. The average molecular weight is 559 g/mol. The molecule has 0 aliphatic heterocycles. The molecule has 1 aliphatic rings. The van der Waals surface area contributed by atoms with Crippen LogP contribution in [0, 0.1) is 0 Å². The van der Waals surface area contributed by atoms with E-state index in [1.807, 2.05) is 48.5 Å².